The maximum atomic E-state index is 5.94. The number of hydrogen-bond donors (Lipinski definition) is 3. The number of aromatic nitrogens is 2. The van der Waals surface area contributed by atoms with Crippen LogP contribution in [0.5, 0.6) is 0 Å². The average molecular weight is 429 g/mol. The fourth-order valence-electron chi connectivity index (χ4n) is 4.04. The molecule has 0 spiro atoms. The molecule has 1 saturated heterocycles. The Morgan fingerprint density at radius 2 is 2.11 bits per heavy atom. The van der Waals surface area contributed by atoms with E-state index in [-0.39, 0.29) is 24.8 Å². The van der Waals surface area contributed by atoms with Gasteiger partial charge >= 0.3 is 0 Å². The van der Waals surface area contributed by atoms with E-state index in [1.807, 2.05) is 6.07 Å². The Labute approximate surface area is 178 Å². The predicted octanol–water partition coefficient (Wildman–Crippen LogP) is 2.51. The minimum absolute atomic E-state index is 0. The van der Waals surface area contributed by atoms with Gasteiger partial charge in [-0.15, -0.1) is 24.8 Å². The fraction of sp³-hybridized carbons (Fsp3) is 0.579. The summed E-state index contributed by atoms with van der Waals surface area (Å²) in [5, 5.41) is 7.00. The summed E-state index contributed by atoms with van der Waals surface area (Å²) in [5.41, 5.74) is 8.26. The second-order valence-electron chi connectivity index (χ2n) is 7.31. The van der Waals surface area contributed by atoms with E-state index in [1.165, 1.54) is 18.4 Å². The first kappa shape index (κ1) is 22.7. The van der Waals surface area contributed by atoms with Crippen molar-refractivity contribution in [3.05, 3.63) is 35.4 Å². The zero-order valence-corrected chi connectivity index (χ0v) is 17.7. The molecule has 4 rings (SSSR count). The maximum absolute atomic E-state index is 5.94. The van der Waals surface area contributed by atoms with Gasteiger partial charge in [0.2, 0.25) is 5.95 Å². The molecule has 2 aliphatic heterocycles. The third-order valence-electron chi connectivity index (χ3n) is 5.32. The minimum Gasteiger partial charge on any atom is -0.468 e. The largest absolute Gasteiger partial charge is 0.468 e. The lowest BCUT2D eigenvalue weighted by Crippen LogP contribution is -2.37. The molecule has 1 atom stereocenters. The topological polar surface area (TPSA) is 92.2 Å². The van der Waals surface area contributed by atoms with E-state index >= 15 is 0 Å². The van der Waals surface area contributed by atoms with Crippen LogP contribution in [-0.4, -0.2) is 47.6 Å². The van der Waals surface area contributed by atoms with Crippen molar-refractivity contribution in [2.24, 2.45) is 5.92 Å². The number of anilines is 2. The number of fused-ring (bicyclic) bond motifs is 1. The van der Waals surface area contributed by atoms with E-state index in [0.717, 1.165) is 69.4 Å². The summed E-state index contributed by atoms with van der Waals surface area (Å²) in [5.74, 6) is 2.95. The van der Waals surface area contributed by atoms with Gasteiger partial charge in [0.25, 0.3) is 0 Å². The maximum Gasteiger partial charge on any atom is 0.222 e. The summed E-state index contributed by atoms with van der Waals surface area (Å²) in [6.07, 6.45) is 6.08. The van der Waals surface area contributed by atoms with Crippen molar-refractivity contribution in [1.82, 2.24) is 20.2 Å². The number of nitrogen functional groups attached to an aromatic ring is 1. The first-order valence-corrected chi connectivity index (χ1v) is 9.62. The second kappa shape index (κ2) is 10.9. The summed E-state index contributed by atoms with van der Waals surface area (Å²) < 4.78 is 5.49. The third kappa shape index (κ3) is 5.73. The third-order valence-corrected chi connectivity index (χ3v) is 5.32. The molecule has 4 N–H and O–H groups in total. The number of nitrogens with zero attached hydrogens (tertiary/aromatic N) is 3. The number of rotatable bonds is 5. The zero-order valence-electron chi connectivity index (χ0n) is 16.0. The predicted molar refractivity (Wildman–Crippen MR) is 116 cm³/mol. The normalized spacial score (nSPS) is 19.6. The molecule has 0 amide bonds. The molecule has 2 aromatic rings. The van der Waals surface area contributed by atoms with Crippen molar-refractivity contribution >= 4 is 36.6 Å². The SMILES string of the molecule is Cl.Cl.Nc1nc2c(c(NCC3CCCN(Cc4ccco4)C3)n1)CCNCC2. The number of halogens is 2. The Morgan fingerprint density at radius 1 is 1.25 bits per heavy atom. The zero-order chi connectivity index (χ0) is 17.8. The highest BCUT2D eigenvalue weighted by molar-refractivity contribution is 5.85. The van der Waals surface area contributed by atoms with Crippen LogP contribution in [0.1, 0.15) is 29.9 Å². The van der Waals surface area contributed by atoms with Crippen LogP contribution in [0.3, 0.4) is 0 Å². The van der Waals surface area contributed by atoms with Gasteiger partial charge in [0.15, 0.2) is 0 Å². The Bertz CT molecular complexity index is 727. The summed E-state index contributed by atoms with van der Waals surface area (Å²) in [7, 11) is 0. The van der Waals surface area contributed by atoms with Crippen molar-refractivity contribution in [3.8, 4) is 0 Å². The highest BCUT2D eigenvalue weighted by Gasteiger charge is 2.22. The van der Waals surface area contributed by atoms with Gasteiger partial charge in [-0.05, 0) is 50.4 Å². The summed E-state index contributed by atoms with van der Waals surface area (Å²) in [4.78, 5) is 11.4. The molecule has 1 fully saturated rings. The molecule has 156 valence electrons. The number of piperidine rings is 1. The number of nitrogens with two attached hydrogens (primary N) is 1. The molecule has 0 aliphatic carbocycles. The number of likely N-dealkylation sites (tertiary alicyclic amines) is 1. The van der Waals surface area contributed by atoms with E-state index in [1.54, 1.807) is 6.26 Å². The van der Waals surface area contributed by atoms with Crippen LogP contribution in [0.4, 0.5) is 11.8 Å². The standard InChI is InChI=1S/C19H28N6O.2ClH/c20-19-23-17-6-8-21-7-5-16(17)18(24-19)22-11-14-3-1-9-25(12-14)13-15-4-2-10-26-15;;/h2,4,10,14,21H,1,3,5-9,11-13H2,(H3,20,22,23,24);2*1H. The van der Waals surface area contributed by atoms with E-state index in [4.69, 9.17) is 10.2 Å². The monoisotopic (exact) mass is 428 g/mol. The molecular weight excluding hydrogens is 399 g/mol. The molecule has 4 heterocycles. The second-order valence-corrected chi connectivity index (χ2v) is 7.31. The molecule has 0 bridgehead atoms. The molecule has 28 heavy (non-hydrogen) atoms. The van der Waals surface area contributed by atoms with E-state index < -0.39 is 0 Å². The molecule has 0 aromatic carbocycles. The molecule has 7 nitrogen and oxygen atoms in total. The van der Waals surface area contributed by atoms with Gasteiger partial charge in [-0.2, -0.15) is 4.98 Å². The molecule has 0 radical (unpaired) electrons. The highest BCUT2D eigenvalue weighted by Crippen LogP contribution is 2.23. The number of nitrogens with one attached hydrogen (secondary N) is 2. The number of furan rings is 1. The van der Waals surface area contributed by atoms with Crippen LogP contribution in [0.15, 0.2) is 22.8 Å². The van der Waals surface area contributed by atoms with Crippen LogP contribution >= 0.6 is 24.8 Å². The Balaban J connectivity index is 0.00000140. The van der Waals surface area contributed by atoms with Gasteiger partial charge in [-0.1, -0.05) is 0 Å². The van der Waals surface area contributed by atoms with Gasteiger partial charge in [0.1, 0.15) is 11.6 Å². The molecule has 9 heteroatoms. The van der Waals surface area contributed by atoms with Gasteiger partial charge < -0.3 is 20.8 Å². The van der Waals surface area contributed by atoms with Crippen molar-refractivity contribution in [2.45, 2.75) is 32.2 Å². The van der Waals surface area contributed by atoms with Crippen LogP contribution < -0.4 is 16.4 Å². The van der Waals surface area contributed by atoms with Crippen LogP contribution in [-0.2, 0) is 19.4 Å². The lowest BCUT2D eigenvalue weighted by molar-refractivity contribution is 0.162. The summed E-state index contributed by atoms with van der Waals surface area (Å²) in [6, 6.07) is 4.01. The van der Waals surface area contributed by atoms with Crippen LogP contribution in [0, 0.1) is 5.92 Å². The summed E-state index contributed by atoms with van der Waals surface area (Å²) in [6.45, 7) is 5.95. The minimum atomic E-state index is 0. The lowest BCUT2D eigenvalue weighted by Gasteiger charge is -2.32. The lowest BCUT2D eigenvalue weighted by atomic mass is 9.97. The Kier molecular flexibility index (Phi) is 8.82. The number of hydrogen-bond acceptors (Lipinski definition) is 7. The Hall–Kier alpha value is -1.54. The fourth-order valence-corrected chi connectivity index (χ4v) is 4.04. The van der Waals surface area contributed by atoms with Gasteiger partial charge in [-0.3, -0.25) is 4.90 Å². The van der Waals surface area contributed by atoms with Gasteiger partial charge in [-0.25, -0.2) is 4.98 Å². The van der Waals surface area contributed by atoms with Crippen molar-refractivity contribution in [1.29, 1.82) is 0 Å². The van der Waals surface area contributed by atoms with Crippen LogP contribution in [0.2, 0.25) is 0 Å². The highest BCUT2D eigenvalue weighted by atomic mass is 35.5. The van der Waals surface area contributed by atoms with Gasteiger partial charge in [0.05, 0.1) is 18.5 Å². The first-order valence-electron chi connectivity index (χ1n) is 9.62. The first-order chi connectivity index (χ1) is 12.8. The van der Waals surface area contributed by atoms with Crippen molar-refractivity contribution < 1.29 is 4.42 Å². The Morgan fingerprint density at radius 3 is 2.93 bits per heavy atom. The molecule has 1 unspecified atom stereocenters. The molecule has 2 aliphatic rings. The average Bonchev–Trinajstić information content (AvgIpc) is 3.03. The molecular formula is C19H30Cl2N6O. The smallest absolute Gasteiger partial charge is 0.222 e. The van der Waals surface area contributed by atoms with E-state index in [9.17, 15) is 0 Å². The van der Waals surface area contributed by atoms with Gasteiger partial charge in [0, 0.05) is 31.6 Å². The van der Waals surface area contributed by atoms with E-state index in [2.05, 4.69) is 31.6 Å². The van der Waals surface area contributed by atoms with Crippen LogP contribution in [0.25, 0.3) is 0 Å². The molecule has 0 saturated carbocycles. The summed E-state index contributed by atoms with van der Waals surface area (Å²) >= 11 is 0. The van der Waals surface area contributed by atoms with E-state index in [0.29, 0.717) is 11.9 Å². The van der Waals surface area contributed by atoms with Crippen molar-refractivity contribution in [2.75, 3.05) is 43.8 Å². The quantitative estimate of drug-likeness (QED) is 0.673. The van der Waals surface area contributed by atoms with Crippen molar-refractivity contribution in [3.63, 3.8) is 0 Å². The molecule has 2 aromatic heterocycles.